The average molecular weight is 1870 g/mol. The van der Waals surface area contributed by atoms with Crippen molar-refractivity contribution in [2.24, 2.45) is 0 Å². The predicted molar refractivity (Wildman–Crippen MR) is 615 cm³/mol. The van der Waals surface area contributed by atoms with Gasteiger partial charge in [0, 0.05) is 139 Å². The van der Waals surface area contributed by atoms with Crippen LogP contribution >= 0.6 is 0 Å². The van der Waals surface area contributed by atoms with E-state index in [9.17, 15) is 0 Å². The molecule has 0 unspecified atom stereocenters. The summed E-state index contributed by atoms with van der Waals surface area (Å²) in [4.78, 5) is 7.09. The van der Waals surface area contributed by atoms with Gasteiger partial charge in [0.15, 0.2) is 0 Å². The van der Waals surface area contributed by atoms with Crippen molar-refractivity contribution >= 4 is 193 Å². The molecule has 0 fully saturated rings. The number of furan rings is 2. The first kappa shape index (κ1) is 85.6. The maximum absolute atomic E-state index is 6.36. The van der Waals surface area contributed by atoms with Crippen molar-refractivity contribution < 1.29 is 8.83 Å². The van der Waals surface area contributed by atoms with Crippen LogP contribution in [-0.4, -0.2) is 13.7 Å². The summed E-state index contributed by atoms with van der Waals surface area (Å²) in [6.45, 7) is 0. The fraction of sp³-hybridized carbons (Fsp3) is 0. The first-order valence-electron chi connectivity index (χ1n) is 49.8. The van der Waals surface area contributed by atoms with Crippen LogP contribution in [0, 0.1) is 0 Å². The third-order valence-electron chi connectivity index (χ3n) is 28.9. The summed E-state index contributed by atoms with van der Waals surface area (Å²) in [5.74, 6) is 0. The number of anilines is 9. The van der Waals surface area contributed by atoms with E-state index in [1.165, 1.54) is 137 Å². The number of hydrogen-bond acceptors (Lipinski definition) is 5. The molecule has 0 saturated carbocycles. The molecule has 0 aliphatic heterocycles. The van der Waals surface area contributed by atoms with Crippen molar-refractivity contribution in [3.63, 3.8) is 0 Å². The molecule has 29 aromatic rings. The van der Waals surface area contributed by atoms with Gasteiger partial charge in [-0.3, -0.25) is 0 Å². The molecule has 0 N–H and O–H groups in total. The summed E-state index contributed by atoms with van der Waals surface area (Å²) < 4.78 is 19.8. The summed E-state index contributed by atoms with van der Waals surface area (Å²) in [7, 11) is 0. The molecule has 5 aromatic heterocycles. The number of benzene rings is 24. The maximum Gasteiger partial charge on any atom is 0.137 e. The molecule has 0 atom stereocenters. The van der Waals surface area contributed by atoms with Crippen molar-refractivity contribution in [1.82, 2.24) is 13.7 Å². The van der Waals surface area contributed by atoms with Crippen molar-refractivity contribution in [3.8, 4) is 61.6 Å². The Hall–Kier alpha value is -19.5. The number of rotatable bonds is 16. The molecular formula is C138H92N6O2. The minimum atomic E-state index is 0.876. The first-order valence-corrected chi connectivity index (χ1v) is 49.8. The fourth-order valence-electron chi connectivity index (χ4n) is 22.2. The second-order valence-corrected chi connectivity index (χ2v) is 37.3. The van der Waals surface area contributed by atoms with Crippen LogP contribution < -0.4 is 14.7 Å². The monoisotopic (exact) mass is 1860 g/mol. The summed E-state index contributed by atoms with van der Waals surface area (Å²) in [6.07, 6.45) is 0. The lowest BCUT2D eigenvalue weighted by Gasteiger charge is -2.27. The largest absolute Gasteiger partial charge is 0.456 e. The number of nitrogens with zero attached hydrogens (tertiary/aromatic N) is 6. The van der Waals surface area contributed by atoms with E-state index in [2.05, 4.69) is 562 Å². The van der Waals surface area contributed by atoms with Crippen LogP contribution in [0.4, 0.5) is 51.2 Å². The van der Waals surface area contributed by atoms with Crippen molar-refractivity contribution in [1.29, 1.82) is 0 Å². The van der Waals surface area contributed by atoms with Crippen LogP contribution in [-0.2, 0) is 0 Å². The van der Waals surface area contributed by atoms with Crippen LogP contribution in [0.1, 0.15) is 0 Å². The zero-order valence-electron chi connectivity index (χ0n) is 79.6. The van der Waals surface area contributed by atoms with Gasteiger partial charge < -0.3 is 37.2 Å². The lowest BCUT2D eigenvalue weighted by Crippen LogP contribution is -2.10. The van der Waals surface area contributed by atoms with Gasteiger partial charge in [-0.2, -0.15) is 0 Å². The molecule has 146 heavy (non-hydrogen) atoms. The second-order valence-electron chi connectivity index (χ2n) is 37.3. The van der Waals surface area contributed by atoms with Gasteiger partial charge in [-0.25, -0.2) is 0 Å². The Morgan fingerprint density at radius 2 is 0.521 bits per heavy atom. The third-order valence-corrected chi connectivity index (χ3v) is 28.9. The van der Waals surface area contributed by atoms with E-state index in [-0.39, 0.29) is 0 Å². The predicted octanol–water partition coefficient (Wildman–Crippen LogP) is 38.7. The van der Waals surface area contributed by atoms with Gasteiger partial charge in [0.2, 0.25) is 0 Å². The number of fused-ring (bicyclic) bond motifs is 21. The minimum Gasteiger partial charge on any atom is -0.456 e. The van der Waals surface area contributed by atoms with E-state index in [1.807, 2.05) is 24.3 Å². The lowest BCUT2D eigenvalue weighted by atomic mass is 9.98. The van der Waals surface area contributed by atoms with E-state index in [4.69, 9.17) is 8.83 Å². The van der Waals surface area contributed by atoms with Crippen LogP contribution in [0.15, 0.2) is 567 Å². The summed E-state index contributed by atoms with van der Waals surface area (Å²) in [5.41, 5.74) is 33.8. The topological polar surface area (TPSA) is 50.8 Å². The Bertz CT molecular complexity index is 9980. The SMILES string of the molecule is c1ccc(-c2ccc(N(c3ccc4c(ccc5c4c4ccccc4n5-c4ccccc4)c3)c3ccc4c(c3)oc3ccccc34)cc2)cc1.c1ccc(-c2cccc(-c3ccc(N(c4ccccc4)c4cc5c6ccccc6n(-c6ccccc6)c5c5ccccc45)cc3)c2)cc1.c1ccc(N(c2ccc(-c3cccc4oc5ccccc5c34)cc2)c2ccc3c(c2)c2ccc4ccccc4c2n3-c2ccccc2)cc1. The van der Waals surface area contributed by atoms with E-state index in [0.717, 1.165) is 118 Å². The molecule has 0 bridgehead atoms. The van der Waals surface area contributed by atoms with E-state index < -0.39 is 0 Å². The first-order chi connectivity index (χ1) is 72.4. The molecule has 24 aromatic carbocycles. The molecule has 0 spiro atoms. The normalized spacial score (nSPS) is 11.6. The summed E-state index contributed by atoms with van der Waals surface area (Å²) in [5, 5.41) is 19.3. The van der Waals surface area contributed by atoms with Crippen molar-refractivity contribution in [2.75, 3.05) is 14.7 Å². The average Bonchev–Trinajstić information content (AvgIpc) is 1.57. The highest BCUT2D eigenvalue weighted by Crippen LogP contribution is 2.51. The zero-order valence-corrected chi connectivity index (χ0v) is 79.6. The van der Waals surface area contributed by atoms with Gasteiger partial charge in [0.05, 0.1) is 38.8 Å². The molecule has 0 aliphatic carbocycles. The molecule has 0 radical (unpaired) electrons. The third kappa shape index (κ3) is 15.2. The highest BCUT2D eigenvalue weighted by molar-refractivity contribution is 6.25. The standard InChI is InChI=1S/2C46H30N2O.C46H32N2/c1-3-11-31(12-4-1)32-19-22-35(23-20-32)47(37-25-27-40-39-15-8-10-18-44(39)49-45(40)30-37)36-24-26-38-33(29-36)21-28-43-46(38)41-16-7-9-17-42(41)48(43)34-13-5-2-6-14-34;1-3-13-33(14-4-1)47(35-25-22-32(23-26-35)37-19-11-21-44-45(37)40-18-9-10-20-43(40)49-44)36-27-29-42-41(30-36)39-28-24-31-12-7-8-17-38(31)46(39)48(42)34-15-5-2-6-16-34;1-4-15-33(16-5-1)35-17-14-18-36(31-35)34-27-29-39(30-28-34)47(37-19-6-2-7-20-37)45-32-43-41-24-12-13-26-44(41)48(38-21-8-3-9-22-38)46(43)42-25-11-10-23-40(42)45/h2*1-30H;1-32H. The van der Waals surface area contributed by atoms with Gasteiger partial charge in [-0.1, -0.05) is 364 Å². The molecule has 29 rings (SSSR count). The molecule has 5 heterocycles. The van der Waals surface area contributed by atoms with E-state index in [1.54, 1.807) is 0 Å². The van der Waals surface area contributed by atoms with Crippen molar-refractivity contribution in [3.05, 3.63) is 558 Å². The summed E-state index contributed by atoms with van der Waals surface area (Å²) in [6, 6.07) is 200. The Labute approximate surface area is 843 Å². The molecule has 0 saturated heterocycles. The zero-order chi connectivity index (χ0) is 96.5. The lowest BCUT2D eigenvalue weighted by molar-refractivity contribution is 0.668. The molecule has 0 amide bonds. The number of para-hydroxylation sites is 9. The van der Waals surface area contributed by atoms with Gasteiger partial charge >= 0.3 is 0 Å². The molecule has 8 nitrogen and oxygen atoms in total. The second kappa shape index (κ2) is 36.6. The van der Waals surface area contributed by atoms with Gasteiger partial charge in [0.25, 0.3) is 0 Å². The van der Waals surface area contributed by atoms with Crippen LogP contribution in [0.25, 0.3) is 203 Å². The number of hydrogen-bond donors (Lipinski definition) is 0. The van der Waals surface area contributed by atoms with Gasteiger partial charge in [0.1, 0.15) is 22.3 Å². The van der Waals surface area contributed by atoms with Crippen LogP contribution in [0.2, 0.25) is 0 Å². The smallest absolute Gasteiger partial charge is 0.137 e. The molecule has 0 aliphatic rings. The van der Waals surface area contributed by atoms with Gasteiger partial charge in [-0.05, 0) is 249 Å². The fourth-order valence-corrected chi connectivity index (χ4v) is 22.2. The Balaban J connectivity index is 0.000000109. The minimum absolute atomic E-state index is 0.876. The molecule has 686 valence electrons. The number of aromatic nitrogens is 3. The molecular weight excluding hydrogens is 1770 g/mol. The van der Waals surface area contributed by atoms with Crippen LogP contribution in [0.3, 0.4) is 0 Å². The van der Waals surface area contributed by atoms with Crippen molar-refractivity contribution in [2.45, 2.75) is 0 Å². The maximum atomic E-state index is 6.36. The van der Waals surface area contributed by atoms with Crippen LogP contribution in [0.5, 0.6) is 0 Å². The quantitative estimate of drug-likeness (QED) is 0.0965. The van der Waals surface area contributed by atoms with E-state index in [0.29, 0.717) is 0 Å². The Morgan fingerprint density at radius 1 is 0.151 bits per heavy atom. The highest BCUT2D eigenvalue weighted by Gasteiger charge is 2.27. The molecule has 8 heteroatoms. The Kier molecular flexibility index (Phi) is 21.5. The van der Waals surface area contributed by atoms with Gasteiger partial charge in [-0.15, -0.1) is 0 Å². The summed E-state index contributed by atoms with van der Waals surface area (Å²) >= 11 is 0. The highest BCUT2D eigenvalue weighted by atomic mass is 16.3. The Morgan fingerprint density at radius 3 is 1.16 bits per heavy atom. The van der Waals surface area contributed by atoms with E-state index >= 15 is 0 Å².